The van der Waals surface area contributed by atoms with Gasteiger partial charge >= 0.3 is 0 Å². The van der Waals surface area contributed by atoms with Gasteiger partial charge in [0, 0.05) is 108 Å². The van der Waals surface area contributed by atoms with Gasteiger partial charge in [-0.1, -0.05) is 370 Å². The maximum atomic E-state index is 5.24. The van der Waals surface area contributed by atoms with E-state index in [-0.39, 0.29) is 0 Å². The number of fused-ring (bicyclic) bond motifs is 18. The van der Waals surface area contributed by atoms with Crippen molar-refractivity contribution in [2.24, 2.45) is 0 Å². The largest absolute Gasteiger partial charge is 0.254 e. The molecule has 14 nitrogen and oxygen atoms in total. The molecule has 14 heteroatoms. The third kappa shape index (κ3) is 15.3. The summed E-state index contributed by atoms with van der Waals surface area (Å²) in [5.41, 5.74) is 22.0. The standard InChI is InChI=1S/C42H26N4.2C41H25N5/c1-2-9-27(10-3-1)28-17-19-30(20-18-28)42-45-38(35-15-6-14-33-32-13-5-4-11-29(32)21-22-34(33)35)26-39(46-42)37-25-31-12-7-23-43-40(31)41-36(37)16-8-24-44-41;1-2-9-26(10-3-1)27-16-20-30(21-17-27)39-44-40(35-25-31-11-4-5-13-32(31)33-14-6-7-15-34(33)35)46-41(45-39)36-23-22-29-19-18-28-12-8-24-42-37(28)38(29)43-36;1-2-9-26(10-3-1)27-16-19-29(20-17-27)39-44-40(32-23-31-21-18-28-12-8-22-42-37(28)38(31)43-25-32)46-41(45-39)36-24-30-11-4-5-13-33(30)34-14-6-7-15-35(34)36/h1-26H;2*1-25H. The van der Waals surface area contributed by atoms with Gasteiger partial charge in [0.1, 0.15) is 5.69 Å². The molecular formula is C124H76N14. The van der Waals surface area contributed by atoms with Gasteiger partial charge in [-0.25, -0.2) is 44.9 Å². The Hall–Kier alpha value is -18.9. The molecule has 0 fully saturated rings. The van der Waals surface area contributed by atoms with E-state index >= 15 is 0 Å². The molecule has 0 saturated heterocycles. The Balaban J connectivity index is 0.000000110. The second-order valence-electron chi connectivity index (χ2n) is 34.2. The van der Waals surface area contributed by atoms with Crippen LogP contribution in [0, 0.1) is 0 Å². The van der Waals surface area contributed by atoms with Crippen molar-refractivity contribution < 1.29 is 0 Å². The lowest BCUT2D eigenvalue weighted by Gasteiger charge is -2.14. The van der Waals surface area contributed by atoms with Crippen LogP contribution in [-0.2, 0) is 0 Å². The van der Waals surface area contributed by atoms with Crippen LogP contribution in [0.3, 0.4) is 0 Å². The minimum absolute atomic E-state index is 0.513. The van der Waals surface area contributed by atoms with E-state index in [0.29, 0.717) is 46.5 Å². The minimum Gasteiger partial charge on any atom is -0.254 e. The van der Waals surface area contributed by atoms with Gasteiger partial charge in [0.25, 0.3) is 0 Å². The number of benzene rings is 18. The number of hydrogen-bond acceptors (Lipinski definition) is 14. The lowest BCUT2D eigenvalue weighted by molar-refractivity contribution is 1.06. The fourth-order valence-electron chi connectivity index (χ4n) is 19.1. The van der Waals surface area contributed by atoms with E-state index in [1.54, 1.807) is 12.4 Å². The van der Waals surface area contributed by atoms with Crippen LogP contribution in [0.5, 0.6) is 0 Å². The molecule has 0 N–H and O–H groups in total. The predicted octanol–water partition coefficient (Wildman–Crippen LogP) is 30.4. The molecule has 9 aromatic heterocycles. The first-order valence-corrected chi connectivity index (χ1v) is 45.9. The highest BCUT2D eigenvalue weighted by Gasteiger charge is 2.24. The summed E-state index contributed by atoms with van der Waals surface area (Å²) in [5.74, 6) is 4.18. The molecule has 27 aromatic rings. The number of hydrogen-bond donors (Lipinski definition) is 0. The molecular weight excluding hydrogens is 1690 g/mol. The average Bonchev–Trinajstić information content (AvgIpc) is 0.752. The zero-order valence-corrected chi connectivity index (χ0v) is 74.1. The van der Waals surface area contributed by atoms with Gasteiger partial charge in [0.05, 0.1) is 44.5 Å². The van der Waals surface area contributed by atoms with Crippen LogP contribution < -0.4 is 0 Å². The lowest BCUT2D eigenvalue weighted by Crippen LogP contribution is -2.02. The van der Waals surface area contributed by atoms with E-state index in [9.17, 15) is 0 Å². The van der Waals surface area contributed by atoms with Gasteiger partial charge in [-0.05, 0) is 159 Å². The summed E-state index contributed by atoms with van der Waals surface area (Å²) in [4.78, 5) is 69.6. The van der Waals surface area contributed by atoms with Crippen LogP contribution >= 0.6 is 0 Å². The number of rotatable bonds is 12. The number of aromatic nitrogens is 14. The van der Waals surface area contributed by atoms with Crippen molar-refractivity contribution in [1.82, 2.24) is 69.8 Å². The molecule has 0 atom stereocenters. The summed E-state index contributed by atoms with van der Waals surface area (Å²) in [6.07, 6.45) is 9.10. The summed E-state index contributed by atoms with van der Waals surface area (Å²) in [5, 5.41) is 20.1. The monoisotopic (exact) mass is 1760 g/mol. The topological polar surface area (TPSA) is 180 Å². The van der Waals surface area contributed by atoms with Crippen molar-refractivity contribution in [3.63, 3.8) is 0 Å². The van der Waals surface area contributed by atoms with E-state index in [1.165, 1.54) is 32.5 Å². The minimum atomic E-state index is 0.513. The average molecular weight is 1760 g/mol. The van der Waals surface area contributed by atoms with Gasteiger partial charge < -0.3 is 0 Å². The maximum absolute atomic E-state index is 5.24. The molecule has 0 aliphatic rings. The van der Waals surface area contributed by atoms with Gasteiger partial charge in [0.15, 0.2) is 40.8 Å². The van der Waals surface area contributed by atoms with Crippen LogP contribution in [-0.4, -0.2) is 69.8 Å². The first-order valence-electron chi connectivity index (χ1n) is 45.9. The van der Waals surface area contributed by atoms with E-state index in [4.69, 9.17) is 54.8 Å². The molecule has 0 saturated carbocycles. The van der Waals surface area contributed by atoms with Crippen molar-refractivity contribution in [1.29, 1.82) is 0 Å². The van der Waals surface area contributed by atoms with Gasteiger partial charge in [-0.2, -0.15) is 0 Å². The SMILES string of the molecule is c1ccc(-c2ccc(-c3nc(-c4ccc5ccc6cccnc6c5n4)nc(-c4cc5ccccc5c5ccccc45)n3)cc2)cc1.c1ccc(-c2ccc(-c3nc(-c4cccc5c4ccc4ccccc45)cc(-c4cc5cccnc5c5ncccc45)n3)cc2)cc1.c1ccc(-c2ccc(-c3nc(-c4cnc5c(ccc6cccnc65)c4)nc(-c4cc5ccccc5c5ccccc45)n3)cc2)cc1. The predicted molar refractivity (Wildman–Crippen MR) is 564 cm³/mol. The van der Waals surface area contributed by atoms with Gasteiger partial charge in [0.2, 0.25) is 0 Å². The third-order valence-corrected chi connectivity index (χ3v) is 25.9. The Kier molecular flexibility index (Phi) is 20.6. The highest BCUT2D eigenvalue weighted by atomic mass is 15.1. The van der Waals surface area contributed by atoms with Crippen molar-refractivity contribution in [2.45, 2.75) is 0 Å². The van der Waals surface area contributed by atoms with E-state index < -0.39 is 0 Å². The molecule has 0 amide bonds. The second kappa shape index (κ2) is 35.0. The van der Waals surface area contributed by atoms with Gasteiger partial charge in [-0.15, -0.1) is 0 Å². The maximum Gasteiger partial charge on any atom is 0.182 e. The Morgan fingerprint density at radius 3 is 0.978 bits per heavy atom. The smallest absolute Gasteiger partial charge is 0.182 e. The zero-order chi connectivity index (χ0) is 91.4. The Morgan fingerprint density at radius 2 is 0.442 bits per heavy atom. The molecule has 0 spiro atoms. The molecule has 0 bridgehead atoms. The van der Waals surface area contributed by atoms with Crippen LogP contribution in [0.1, 0.15) is 0 Å². The summed E-state index contributed by atoms with van der Waals surface area (Å²) in [6, 6.07) is 149. The summed E-state index contributed by atoms with van der Waals surface area (Å²) >= 11 is 0. The molecule has 9 heterocycles. The highest BCUT2D eigenvalue weighted by Crippen LogP contribution is 2.43. The van der Waals surface area contributed by atoms with Crippen molar-refractivity contribution in [3.8, 4) is 136 Å². The normalized spacial score (nSPS) is 11.5. The van der Waals surface area contributed by atoms with E-state index in [1.807, 2.05) is 67.1 Å². The van der Waals surface area contributed by atoms with Crippen molar-refractivity contribution >= 4 is 130 Å². The van der Waals surface area contributed by atoms with Gasteiger partial charge in [-0.3, -0.25) is 24.9 Å². The number of nitrogens with zero attached hydrogens (tertiary/aromatic N) is 14. The van der Waals surface area contributed by atoms with Crippen molar-refractivity contribution in [2.75, 3.05) is 0 Å². The summed E-state index contributed by atoms with van der Waals surface area (Å²) in [7, 11) is 0. The first kappa shape index (κ1) is 81.1. The molecule has 18 aromatic carbocycles. The molecule has 0 radical (unpaired) electrons. The molecule has 0 aliphatic carbocycles. The fourth-order valence-corrected chi connectivity index (χ4v) is 19.1. The van der Waals surface area contributed by atoms with Crippen LogP contribution in [0.4, 0.5) is 0 Å². The fraction of sp³-hybridized carbons (Fsp3) is 0. The Morgan fingerprint density at radius 1 is 0.123 bits per heavy atom. The molecule has 0 unspecified atom stereocenters. The number of pyridine rings is 6. The quantitative estimate of drug-likeness (QED) is 0.105. The highest BCUT2D eigenvalue weighted by molar-refractivity contribution is 6.17. The van der Waals surface area contributed by atoms with Crippen LogP contribution in [0.2, 0.25) is 0 Å². The van der Waals surface area contributed by atoms with E-state index in [2.05, 4.69) is 397 Å². The Bertz CT molecular complexity index is 9420. The van der Waals surface area contributed by atoms with Crippen LogP contribution in [0.15, 0.2) is 462 Å². The van der Waals surface area contributed by atoms with E-state index in [0.717, 1.165) is 187 Å². The molecule has 642 valence electrons. The van der Waals surface area contributed by atoms with Crippen LogP contribution in [0.25, 0.3) is 266 Å². The first-order chi connectivity index (χ1) is 68.4. The summed E-state index contributed by atoms with van der Waals surface area (Å²) in [6.45, 7) is 0. The Labute approximate surface area is 791 Å². The molecule has 27 rings (SSSR count). The second-order valence-corrected chi connectivity index (χ2v) is 34.2. The lowest BCUT2D eigenvalue weighted by atomic mass is 9.95. The molecule has 0 aliphatic heterocycles. The molecule has 138 heavy (non-hydrogen) atoms. The van der Waals surface area contributed by atoms with Crippen molar-refractivity contribution in [3.05, 3.63) is 462 Å². The third-order valence-electron chi connectivity index (χ3n) is 25.9. The summed E-state index contributed by atoms with van der Waals surface area (Å²) < 4.78 is 0. The zero-order valence-electron chi connectivity index (χ0n) is 74.1.